The third-order valence-corrected chi connectivity index (χ3v) is 4.28. The van der Waals surface area contributed by atoms with E-state index in [9.17, 15) is 14.9 Å². The fourth-order valence-corrected chi connectivity index (χ4v) is 2.93. The summed E-state index contributed by atoms with van der Waals surface area (Å²) >= 11 is 0. The molecule has 0 bridgehead atoms. The fourth-order valence-electron chi connectivity index (χ4n) is 2.93. The van der Waals surface area contributed by atoms with Crippen LogP contribution in [-0.2, 0) is 0 Å². The number of carbonyl (C=O) groups excluding carboxylic acids is 1. The SMILES string of the molecule is O=C(Nc1ccc(N2CCCCCC2)cn1)c1cccc([N+](=O)[O-])c1. The summed E-state index contributed by atoms with van der Waals surface area (Å²) < 4.78 is 0. The summed E-state index contributed by atoms with van der Waals surface area (Å²) in [5.41, 5.74) is 1.17. The van der Waals surface area contributed by atoms with E-state index in [4.69, 9.17) is 0 Å². The Hall–Kier alpha value is -2.96. The summed E-state index contributed by atoms with van der Waals surface area (Å²) in [6.07, 6.45) is 6.66. The summed E-state index contributed by atoms with van der Waals surface area (Å²) in [5, 5.41) is 13.5. The topological polar surface area (TPSA) is 88.4 Å². The highest BCUT2D eigenvalue weighted by Gasteiger charge is 2.13. The molecule has 0 saturated carbocycles. The van der Waals surface area contributed by atoms with E-state index < -0.39 is 10.8 Å². The van der Waals surface area contributed by atoms with Crippen LogP contribution in [0.2, 0.25) is 0 Å². The lowest BCUT2D eigenvalue weighted by atomic mass is 10.2. The molecule has 7 nitrogen and oxygen atoms in total. The molecule has 0 aliphatic carbocycles. The van der Waals surface area contributed by atoms with Crippen LogP contribution in [-0.4, -0.2) is 28.9 Å². The maximum absolute atomic E-state index is 12.2. The number of nitrogens with one attached hydrogen (secondary N) is 1. The van der Waals surface area contributed by atoms with Gasteiger partial charge in [-0.2, -0.15) is 0 Å². The Morgan fingerprint density at radius 1 is 1.12 bits per heavy atom. The summed E-state index contributed by atoms with van der Waals surface area (Å²) in [4.78, 5) is 29.1. The van der Waals surface area contributed by atoms with Crippen molar-refractivity contribution in [3.8, 4) is 0 Å². The maximum Gasteiger partial charge on any atom is 0.270 e. The number of nitrogens with zero attached hydrogens (tertiary/aromatic N) is 3. The summed E-state index contributed by atoms with van der Waals surface area (Å²) in [6, 6.07) is 9.33. The molecule has 1 aromatic carbocycles. The zero-order valence-electron chi connectivity index (χ0n) is 13.9. The van der Waals surface area contributed by atoms with Crippen molar-refractivity contribution in [3.05, 3.63) is 58.3 Å². The molecule has 1 saturated heterocycles. The summed E-state index contributed by atoms with van der Waals surface area (Å²) in [5.74, 6) is 0.00815. The van der Waals surface area contributed by atoms with Crippen LogP contribution in [0.3, 0.4) is 0 Å². The number of aromatic nitrogens is 1. The van der Waals surface area contributed by atoms with E-state index in [1.54, 1.807) is 12.3 Å². The molecule has 2 aromatic rings. The zero-order chi connectivity index (χ0) is 17.6. The lowest BCUT2D eigenvalue weighted by Crippen LogP contribution is -2.24. The molecule has 0 atom stereocenters. The second-order valence-corrected chi connectivity index (χ2v) is 6.06. The third-order valence-electron chi connectivity index (χ3n) is 4.28. The fraction of sp³-hybridized carbons (Fsp3) is 0.333. The van der Waals surface area contributed by atoms with E-state index in [2.05, 4.69) is 15.2 Å². The van der Waals surface area contributed by atoms with E-state index in [-0.39, 0.29) is 11.3 Å². The molecule has 1 N–H and O–H groups in total. The molecule has 2 heterocycles. The van der Waals surface area contributed by atoms with Gasteiger partial charge in [0, 0.05) is 30.8 Å². The number of carbonyl (C=O) groups is 1. The third kappa shape index (κ3) is 4.32. The average Bonchev–Trinajstić information content (AvgIpc) is 2.92. The minimum absolute atomic E-state index is 0.114. The van der Waals surface area contributed by atoms with Crippen LogP contribution in [0, 0.1) is 10.1 Å². The molecule has 1 aliphatic rings. The molecule has 25 heavy (non-hydrogen) atoms. The van der Waals surface area contributed by atoms with Crippen molar-refractivity contribution in [2.45, 2.75) is 25.7 Å². The Morgan fingerprint density at radius 2 is 1.88 bits per heavy atom. The van der Waals surface area contributed by atoms with E-state index in [1.807, 2.05) is 6.07 Å². The van der Waals surface area contributed by atoms with Gasteiger partial charge in [-0.3, -0.25) is 14.9 Å². The average molecular weight is 340 g/mol. The number of amides is 1. The molecular weight excluding hydrogens is 320 g/mol. The Labute approximate surface area is 145 Å². The lowest BCUT2D eigenvalue weighted by Gasteiger charge is -2.22. The van der Waals surface area contributed by atoms with E-state index in [0.29, 0.717) is 5.82 Å². The molecule has 1 fully saturated rings. The minimum atomic E-state index is -0.523. The van der Waals surface area contributed by atoms with Gasteiger partial charge < -0.3 is 10.2 Å². The standard InChI is InChI=1S/C18H20N4O3/c23-18(14-6-5-7-15(12-14)22(24)25)20-17-9-8-16(13-19-17)21-10-3-1-2-4-11-21/h5-9,12-13H,1-4,10-11H2,(H,19,20,23). The highest BCUT2D eigenvalue weighted by Crippen LogP contribution is 2.20. The largest absolute Gasteiger partial charge is 0.370 e. The van der Waals surface area contributed by atoms with Gasteiger partial charge in [-0.25, -0.2) is 4.98 Å². The molecule has 0 radical (unpaired) electrons. The normalized spacial score (nSPS) is 14.6. The lowest BCUT2D eigenvalue weighted by molar-refractivity contribution is -0.384. The highest BCUT2D eigenvalue weighted by molar-refractivity contribution is 6.04. The number of anilines is 2. The second kappa shape index (κ2) is 7.74. The van der Waals surface area contributed by atoms with Gasteiger partial charge in [0.15, 0.2) is 0 Å². The van der Waals surface area contributed by atoms with Gasteiger partial charge in [-0.05, 0) is 31.0 Å². The molecule has 0 spiro atoms. The van der Waals surface area contributed by atoms with Crippen molar-refractivity contribution in [1.82, 2.24) is 4.98 Å². The Balaban J connectivity index is 1.67. The van der Waals surface area contributed by atoms with Crippen molar-refractivity contribution in [2.24, 2.45) is 0 Å². The second-order valence-electron chi connectivity index (χ2n) is 6.06. The first-order valence-corrected chi connectivity index (χ1v) is 8.40. The van der Waals surface area contributed by atoms with E-state index >= 15 is 0 Å². The number of benzene rings is 1. The molecule has 130 valence electrons. The monoisotopic (exact) mass is 340 g/mol. The zero-order valence-corrected chi connectivity index (χ0v) is 13.9. The van der Waals surface area contributed by atoms with Crippen LogP contribution in [0.1, 0.15) is 36.0 Å². The molecule has 0 unspecified atom stereocenters. The number of pyridine rings is 1. The smallest absolute Gasteiger partial charge is 0.270 e. The van der Waals surface area contributed by atoms with Crippen LogP contribution in [0.5, 0.6) is 0 Å². The van der Waals surface area contributed by atoms with Gasteiger partial charge in [-0.1, -0.05) is 18.9 Å². The summed E-state index contributed by atoms with van der Waals surface area (Å²) in [6.45, 7) is 2.06. The van der Waals surface area contributed by atoms with Gasteiger partial charge in [0.1, 0.15) is 5.82 Å². The highest BCUT2D eigenvalue weighted by atomic mass is 16.6. The minimum Gasteiger partial charge on any atom is -0.370 e. The molecule has 1 aromatic heterocycles. The van der Waals surface area contributed by atoms with Crippen molar-refractivity contribution in [2.75, 3.05) is 23.3 Å². The van der Waals surface area contributed by atoms with Gasteiger partial charge in [-0.15, -0.1) is 0 Å². The van der Waals surface area contributed by atoms with E-state index in [0.717, 1.165) is 18.8 Å². The van der Waals surface area contributed by atoms with Gasteiger partial charge in [0.05, 0.1) is 16.8 Å². The van der Waals surface area contributed by atoms with Crippen LogP contribution in [0.15, 0.2) is 42.6 Å². The molecular formula is C18H20N4O3. The number of nitro benzene ring substituents is 1. The van der Waals surface area contributed by atoms with Crippen molar-refractivity contribution in [3.63, 3.8) is 0 Å². The molecule has 1 aliphatic heterocycles. The van der Waals surface area contributed by atoms with Crippen LogP contribution in [0.25, 0.3) is 0 Å². The number of hydrogen-bond donors (Lipinski definition) is 1. The number of nitro groups is 1. The van der Waals surface area contributed by atoms with Crippen LogP contribution < -0.4 is 10.2 Å². The predicted molar refractivity (Wildman–Crippen MR) is 96.0 cm³/mol. The first kappa shape index (κ1) is 16.9. The van der Waals surface area contributed by atoms with Gasteiger partial charge >= 0.3 is 0 Å². The Morgan fingerprint density at radius 3 is 2.52 bits per heavy atom. The maximum atomic E-state index is 12.2. The Kier molecular flexibility index (Phi) is 5.23. The number of rotatable bonds is 4. The van der Waals surface area contributed by atoms with Crippen molar-refractivity contribution < 1.29 is 9.72 Å². The molecule has 1 amide bonds. The van der Waals surface area contributed by atoms with Crippen molar-refractivity contribution in [1.29, 1.82) is 0 Å². The molecule has 3 rings (SSSR count). The van der Waals surface area contributed by atoms with Crippen LogP contribution in [0.4, 0.5) is 17.2 Å². The van der Waals surface area contributed by atoms with Gasteiger partial charge in [0.2, 0.25) is 0 Å². The predicted octanol–water partition coefficient (Wildman–Crippen LogP) is 3.62. The number of hydrogen-bond acceptors (Lipinski definition) is 5. The van der Waals surface area contributed by atoms with Crippen LogP contribution >= 0.6 is 0 Å². The van der Waals surface area contributed by atoms with Gasteiger partial charge in [0.25, 0.3) is 11.6 Å². The first-order valence-electron chi connectivity index (χ1n) is 8.40. The summed E-state index contributed by atoms with van der Waals surface area (Å²) in [7, 11) is 0. The quantitative estimate of drug-likeness (QED) is 0.678. The van der Waals surface area contributed by atoms with E-state index in [1.165, 1.54) is 49.9 Å². The van der Waals surface area contributed by atoms with Crippen molar-refractivity contribution >= 4 is 23.1 Å². The number of non-ortho nitro benzene ring substituents is 1. The Bertz CT molecular complexity index is 753. The molecule has 7 heteroatoms. The first-order chi connectivity index (χ1) is 12.1.